The molecule has 1 aliphatic rings. The minimum Gasteiger partial charge on any atom is -0.497 e. The molecule has 1 aromatic heterocycles. The summed E-state index contributed by atoms with van der Waals surface area (Å²) in [4.78, 5) is 13.9. The zero-order valence-electron chi connectivity index (χ0n) is 11.7. The van der Waals surface area contributed by atoms with Crippen molar-refractivity contribution in [1.82, 2.24) is 15.1 Å². The van der Waals surface area contributed by atoms with Gasteiger partial charge in [-0.3, -0.25) is 9.89 Å². The van der Waals surface area contributed by atoms with Crippen molar-refractivity contribution in [2.45, 2.75) is 12.5 Å². The molecule has 3 rings (SSSR count). The molecular weight excluding hydrogens is 270 g/mol. The molecule has 6 nitrogen and oxygen atoms in total. The Labute approximate surface area is 122 Å². The number of carbonyl (C=O) groups excluding carboxylic acids is 1. The highest BCUT2D eigenvalue weighted by Crippen LogP contribution is 2.23. The molecule has 1 aliphatic heterocycles. The summed E-state index contributed by atoms with van der Waals surface area (Å²) in [5.41, 5.74) is 2.00. The second-order valence-corrected chi connectivity index (χ2v) is 5.09. The molecule has 1 saturated heterocycles. The lowest BCUT2D eigenvalue weighted by atomic mass is 10.1. The van der Waals surface area contributed by atoms with Crippen LogP contribution < -0.4 is 4.74 Å². The first-order valence-electron chi connectivity index (χ1n) is 6.84. The van der Waals surface area contributed by atoms with E-state index in [-0.39, 0.29) is 5.91 Å². The molecule has 0 bridgehead atoms. The normalized spacial score (nSPS) is 18.0. The summed E-state index contributed by atoms with van der Waals surface area (Å²) >= 11 is 0. The maximum atomic E-state index is 12.3. The van der Waals surface area contributed by atoms with Gasteiger partial charge < -0.3 is 14.7 Å². The van der Waals surface area contributed by atoms with E-state index < -0.39 is 6.10 Å². The second kappa shape index (κ2) is 5.57. The number of H-pyrrole nitrogens is 1. The van der Waals surface area contributed by atoms with Gasteiger partial charge in [0.15, 0.2) is 0 Å². The molecule has 0 radical (unpaired) electrons. The number of nitrogens with one attached hydrogen (secondary N) is 1. The Balaban J connectivity index is 1.81. The number of β-amino-alcohol motifs (C(OH)–C–C–N with tert-alkyl or cyclic N) is 1. The summed E-state index contributed by atoms with van der Waals surface area (Å²) in [6.07, 6.45) is 0.206. The van der Waals surface area contributed by atoms with Crippen molar-refractivity contribution in [3.05, 3.63) is 36.0 Å². The van der Waals surface area contributed by atoms with Gasteiger partial charge in [0.05, 0.1) is 18.9 Å². The molecule has 110 valence electrons. The fourth-order valence-corrected chi connectivity index (χ4v) is 2.46. The van der Waals surface area contributed by atoms with Gasteiger partial charge in [-0.15, -0.1) is 0 Å². The van der Waals surface area contributed by atoms with Gasteiger partial charge >= 0.3 is 0 Å². The van der Waals surface area contributed by atoms with Crippen LogP contribution in [0.15, 0.2) is 30.3 Å². The molecule has 0 saturated carbocycles. The summed E-state index contributed by atoms with van der Waals surface area (Å²) in [5.74, 6) is 0.610. The maximum absolute atomic E-state index is 12.3. The molecule has 1 amide bonds. The Bertz CT molecular complexity index is 653. The van der Waals surface area contributed by atoms with Crippen LogP contribution in [0.1, 0.15) is 16.9 Å². The Morgan fingerprint density at radius 3 is 3.05 bits per heavy atom. The summed E-state index contributed by atoms with van der Waals surface area (Å²) in [5, 5.41) is 16.5. The van der Waals surface area contributed by atoms with E-state index >= 15 is 0 Å². The third-order valence-electron chi connectivity index (χ3n) is 3.62. The van der Waals surface area contributed by atoms with Crippen molar-refractivity contribution in [1.29, 1.82) is 0 Å². The first-order valence-corrected chi connectivity index (χ1v) is 6.84. The fourth-order valence-electron chi connectivity index (χ4n) is 2.46. The van der Waals surface area contributed by atoms with Crippen molar-refractivity contribution in [2.24, 2.45) is 0 Å². The summed E-state index contributed by atoms with van der Waals surface area (Å²) in [7, 11) is 1.61. The average Bonchev–Trinajstić information content (AvgIpc) is 3.15. The number of carbonyl (C=O) groups is 1. The predicted molar refractivity (Wildman–Crippen MR) is 77.1 cm³/mol. The molecule has 0 aliphatic carbocycles. The van der Waals surface area contributed by atoms with Crippen LogP contribution in [0.25, 0.3) is 11.3 Å². The van der Waals surface area contributed by atoms with E-state index in [9.17, 15) is 9.90 Å². The number of aromatic nitrogens is 2. The number of aliphatic hydroxyl groups excluding tert-OH is 1. The number of benzene rings is 1. The molecule has 1 atom stereocenters. The van der Waals surface area contributed by atoms with Crippen LogP contribution in [0.4, 0.5) is 0 Å². The number of hydrogen-bond acceptors (Lipinski definition) is 4. The lowest BCUT2D eigenvalue weighted by Gasteiger charge is -2.13. The summed E-state index contributed by atoms with van der Waals surface area (Å²) in [6.45, 7) is 0.958. The van der Waals surface area contributed by atoms with E-state index in [0.29, 0.717) is 30.9 Å². The summed E-state index contributed by atoms with van der Waals surface area (Å²) in [6, 6.07) is 9.23. The smallest absolute Gasteiger partial charge is 0.271 e. The Kier molecular flexibility index (Phi) is 3.62. The highest BCUT2D eigenvalue weighted by Gasteiger charge is 2.26. The van der Waals surface area contributed by atoms with Gasteiger partial charge in [0, 0.05) is 18.7 Å². The molecule has 2 heterocycles. The Morgan fingerprint density at radius 1 is 1.48 bits per heavy atom. The molecular formula is C15H17N3O3. The Morgan fingerprint density at radius 2 is 2.33 bits per heavy atom. The van der Waals surface area contributed by atoms with Crippen molar-refractivity contribution >= 4 is 5.91 Å². The van der Waals surface area contributed by atoms with E-state index in [1.807, 2.05) is 24.3 Å². The number of aliphatic hydroxyl groups is 1. The highest BCUT2D eigenvalue weighted by molar-refractivity contribution is 5.93. The van der Waals surface area contributed by atoms with E-state index in [2.05, 4.69) is 10.2 Å². The number of hydrogen-bond donors (Lipinski definition) is 2. The molecule has 0 spiro atoms. The van der Waals surface area contributed by atoms with Gasteiger partial charge in [0.1, 0.15) is 11.4 Å². The van der Waals surface area contributed by atoms with Crippen LogP contribution in [-0.2, 0) is 0 Å². The third kappa shape index (κ3) is 2.75. The summed E-state index contributed by atoms with van der Waals surface area (Å²) < 4.78 is 5.18. The zero-order valence-corrected chi connectivity index (χ0v) is 11.7. The monoisotopic (exact) mass is 287 g/mol. The van der Waals surface area contributed by atoms with E-state index in [1.54, 1.807) is 18.1 Å². The Hall–Kier alpha value is -2.34. The van der Waals surface area contributed by atoms with Gasteiger partial charge in [-0.1, -0.05) is 12.1 Å². The van der Waals surface area contributed by atoms with Gasteiger partial charge in [0.2, 0.25) is 0 Å². The number of rotatable bonds is 3. The number of amides is 1. The van der Waals surface area contributed by atoms with E-state index in [1.165, 1.54) is 0 Å². The van der Waals surface area contributed by atoms with Crippen LogP contribution in [0.3, 0.4) is 0 Å². The van der Waals surface area contributed by atoms with Gasteiger partial charge in [-0.2, -0.15) is 5.10 Å². The topological polar surface area (TPSA) is 78.5 Å². The largest absolute Gasteiger partial charge is 0.497 e. The first kappa shape index (κ1) is 13.6. The van der Waals surface area contributed by atoms with Crippen molar-refractivity contribution in [3.8, 4) is 17.0 Å². The van der Waals surface area contributed by atoms with Crippen LogP contribution >= 0.6 is 0 Å². The average molecular weight is 287 g/mol. The van der Waals surface area contributed by atoms with Crippen molar-refractivity contribution < 1.29 is 14.6 Å². The molecule has 2 N–H and O–H groups in total. The van der Waals surface area contributed by atoms with Crippen LogP contribution in [-0.4, -0.2) is 52.4 Å². The van der Waals surface area contributed by atoms with Crippen LogP contribution in [0.2, 0.25) is 0 Å². The van der Waals surface area contributed by atoms with Crippen molar-refractivity contribution in [3.63, 3.8) is 0 Å². The number of ether oxygens (including phenoxy) is 1. The van der Waals surface area contributed by atoms with E-state index in [0.717, 1.165) is 11.3 Å². The molecule has 6 heteroatoms. The molecule has 0 unspecified atom stereocenters. The lowest BCUT2D eigenvalue weighted by molar-refractivity contribution is 0.0759. The van der Waals surface area contributed by atoms with Gasteiger partial charge in [-0.25, -0.2) is 0 Å². The van der Waals surface area contributed by atoms with Crippen LogP contribution in [0, 0.1) is 0 Å². The number of nitrogens with zero attached hydrogens (tertiary/aromatic N) is 2. The molecule has 1 aromatic carbocycles. The first-order chi connectivity index (χ1) is 10.2. The lowest BCUT2D eigenvalue weighted by Crippen LogP contribution is -2.29. The molecule has 2 aromatic rings. The zero-order chi connectivity index (χ0) is 14.8. The van der Waals surface area contributed by atoms with Gasteiger partial charge in [-0.05, 0) is 24.6 Å². The minimum absolute atomic E-state index is 0.131. The highest BCUT2D eigenvalue weighted by atomic mass is 16.5. The van der Waals surface area contributed by atoms with Crippen molar-refractivity contribution in [2.75, 3.05) is 20.2 Å². The second-order valence-electron chi connectivity index (χ2n) is 5.09. The van der Waals surface area contributed by atoms with Crippen LogP contribution in [0.5, 0.6) is 5.75 Å². The predicted octanol–water partition coefficient (Wildman–Crippen LogP) is 1.29. The fraction of sp³-hybridized carbons (Fsp3) is 0.333. The van der Waals surface area contributed by atoms with Gasteiger partial charge in [0.25, 0.3) is 5.91 Å². The standard InChI is InChI=1S/C15H17N3O3/c1-21-12-4-2-3-10(7-12)13-8-14(17-16-13)15(20)18-6-5-11(19)9-18/h2-4,7-8,11,19H,5-6,9H2,1H3,(H,16,17)/t11-/m1/s1. The quantitative estimate of drug-likeness (QED) is 0.891. The van der Waals surface area contributed by atoms with E-state index in [4.69, 9.17) is 4.74 Å². The molecule has 1 fully saturated rings. The number of methoxy groups -OCH3 is 1. The number of aromatic amines is 1. The molecule has 21 heavy (non-hydrogen) atoms. The number of likely N-dealkylation sites (tertiary alicyclic amines) is 1. The minimum atomic E-state index is -0.422. The maximum Gasteiger partial charge on any atom is 0.271 e. The third-order valence-corrected chi connectivity index (χ3v) is 3.62. The SMILES string of the molecule is COc1cccc(-c2cc(C(=O)N3CC[C@@H](O)C3)[nH]n2)c1.